The highest BCUT2D eigenvalue weighted by atomic mass is 32.2. The van der Waals surface area contributed by atoms with E-state index in [0.29, 0.717) is 19.4 Å². The van der Waals surface area contributed by atoms with Gasteiger partial charge >= 0.3 is 5.97 Å². The van der Waals surface area contributed by atoms with Gasteiger partial charge in [-0.2, -0.15) is 0 Å². The first kappa shape index (κ1) is 13.5. The molecule has 0 atom stereocenters. The monoisotopic (exact) mass is 218 g/mol. The van der Waals surface area contributed by atoms with Crippen molar-refractivity contribution in [1.29, 1.82) is 0 Å². The molecular formula is C10H18O3S. The highest BCUT2D eigenvalue weighted by molar-refractivity contribution is 8.13. The molecule has 0 N–H and O–H groups in total. The predicted molar refractivity (Wildman–Crippen MR) is 58.2 cm³/mol. The quantitative estimate of drug-likeness (QED) is 0.486. The van der Waals surface area contributed by atoms with E-state index in [1.807, 2.05) is 6.92 Å². The Morgan fingerprint density at radius 2 is 1.79 bits per heavy atom. The Morgan fingerprint density at radius 3 is 2.36 bits per heavy atom. The van der Waals surface area contributed by atoms with Gasteiger partial charge in [-0.15, -0.1) is 0 Å². The van der Waals surface area contributed by atoms with Crippen molar-refractivity contribution in [1.82, 2.24) is 0 Å². The van der Waals surface area contributed by atoms with Crippen molar-refractivity contribution in [3.8, 4) is 0 Å². The van der Waals surface area contributed by atoms with Crippen LogP contribution in [-0.2, 0) is 14.3 Å². The summed E-state index contributed by atoms with van der Waals surface area (Å²) in [7, 11) is 0. The summed E-state index contributed by atoms with van der Waals surface area (Å²) in [5, 5.41) is 0.219. The number of thioether (sulfide) groups is 1. The maximum Gasteiger partial charge on any atom is 0.305 e. The van der Waals surface area contributed by atoms with Gasteiger partial charge in [0.05, 0.1) is 6.61 Å². The van der Waals surface area contributed by atoms with Crippen LogP contribution in [0.25, 0.3) is 0 Å². The lowest BCUT2D eigenvalue weighted by molar-refractivity contribution is -0.143. The molecule has 0 aromatic rings. The molecule has 14 heavy (non-hydrogen) atoms. The highest BCUT2D eigenvalue weighted by Gasteiger charge is 2.03. The summed E-state index contributed by atoms with van der Waals surface area (Å²) in [6.07, 6.45) is 2.52. The Bertz CT molecular complexity index is 160. The predicted octanol–water partition coefficient (Wildman–Crippen LogP) is 2.39. The van der Waals surface area contributed by atoms with Crippen LogP contribution >= 0.6 is 11.8 Å². The molecule has 0 rings (SSSR count). The first-order chi connectivity index (χ1) is 6.70. The van der Waals surface area contributed by atoms with Crippen LogP contribution in [0.2, 0.25) is 0 Å². The van der Waals surface area contributed by atoms with Gasteiger partial charge in [-0.1, -0.05) is 18.7 Å². The minimum atomic E-state index is -0.164. The standard InChI is InChI=1S/C10H18O3S/c1-3-13-9(11)7-5-6-8-10(12)14-4-2/h3-8H2,1-2H3. The fraction of sp³-hybridized carbons (Fsp3) is 0.800. The van der Waals surface area contributed by atoms with Crippen LogP contribution in [0.3, 0.4) is 0 Å². The van der Waals surface area contributed by atoms with Crippen molar-refractivity contribution >= 4 is 22.8 Å². The number of unbranched alkanes of at least 4 members (excludes halogenated alkanes) is 1. The molecule has 0 bridgehead atoms. The molecule has 0 aromatic heterocycles. The topological polar surface area (TPSA) is 43.4 Å². The summed E-state index contributed by atoms with van der Waals surface area (Å²) >= 11 is 1.35. The Labute approximate surface area is 89.6 Å². The van der Waals surface area contributed by atoms with E-state index >= 15 is 0 Å². The van der Waals surface area contributed by atoms with Crippen LogP contribution in [0.15, 0.2) is 0 Å². The number of ether oxygens (including phenoxy) is 1. The molecule has 0 unspecified atom stereocenters. The molecule has 0 saturated heterocycles. The Morgan fingerprint density at radius 1 is 1.14 bits per heavy atom. The van der Waals surface area contributed by atoms with E-state index < -0.39 is 0 Å². The lowest BCUT2D eigenvalue weighted by Gasteiger charge is -2.01. The van der Waals surface area contributed by atoms with E-state index in [1.54, 1.807) is 6.92 Å². The molecule has 0 aliphatic rings. The smallest absolute Gasteiger partial charge is 0.305 e. The summed E-state index contributed by atoms with van der Waals surface area (Å²) in [5.41, 5.74) is 0. The third kappa shape index (κ3) is 8.10. The van der Waals surface area contributed by atoms with Crippen molar-refractivity contribution < 1.29 is 14.3 Å². The third-order valence-corrected chi connectivity index (χ3v) is 2.44. The minimum absolute atomic E-state index is 0.164. The molecule has 0 radical (unpaired) electrons. The van der Waals surface area contributed by atoms with Gasteiger partial charge in [0, 0.05) is 12.8 Å². The third-order valence-electron chi connectivity index (χ3n) is 1.62. The van der Waals surface area contributed by atoms with Gasteiger partial charge in [0.25, 0.3) is 0 Å². The normalized spacial score (nSPS) is 9.86. The van der Waals surface area contributed by atoms with E-state index in [-0.39, 0.29) is 11.1 Å². The summed E-state index contributed by atoms with van der Waals surface area (Å²) < 4.78 is 4.77. The van der Waals surface area contributed by atoms with Gasteiger partial charge in [-0.3, -0.25) is 9.59 Å². The van der Waals surface area contributed by atoms with E-state index in [0.717, 1.165) is 18.6 Å². The molecule has 0 spiro atoms. The second-order valence-corrected chi connectivity index (χ2v) is 4.14. The molecule has 0 saturated carbocycles. The molecule has 0 heterocycles. The molecule has 0 aliphatic heterocycles. The van der Waals surface area contributed by atoms with Crippen molar-refractivity contribution in [2.75, 3.05) is 12.4 Å². The van der Waals surface area contributed by atoms with E-state index in [4.69, 9.17) is 4.74 Å². The fourth-order valence-electron chi connectivity index (χ4n) is 1.00. The zero-order valence-electron chi connectivity index (χ0n) is 8.88. The number of carbonyl (C=O) groups excluding carboxylic acids is 2. The van der Waals surface area contributed by atoms with Crippen LogP contribution in [0.4, 0.5) is 0 Å². The van der Waals surface area contributed by atoms with Crippen molar-refractivity contribution in [2.45, 2.75) is 39.5 Å². The van der Waals surface area contributed by atoms with Crippen LogP contribution in [-0.4, -0.2) is 23.4 Å². The van der Waals surface area contributed by atoms with Crippen molar-refractivity contribution in [2.24, 2.45) is 0 Å². The zero-order valence-corrected chi connectivity index (χ0v) is 9.69. The summed E-state index contributed by atoms with van der Waals surface area (Å²) in [5.74, 6) is 0.666. The van der Waals surface area contributed by atoms with Gasteiger partial charge < -0.3 is 4.74 Å². The Kier molecular flexibility index (Phi) is 8.73. The summed E-state index contributed by atoms with van der Waals surface area (Å²) in [6.45, 7) is 4.18. The average molecular weight is 218 g/mol. The SMILES string of the molecule is CCOC(=O)CCCCC(=O)SCC. The van der Waals surface area contributed by atoms with Crippen molar-refractivity contribution in [3.63, 3.8) is 0 Å². The van der Waals surface area contributed by atoms with Gasteiger partial charge in [-0.05, 0) is 25.5 Å². The van der Waals surface area contributed by atoms with Crippen LogP contribution in [0, 0.1) is 0 Å². The number of rotatable bonds is 7. The number of esters is 1. The molecule has 3 nitrogen and oxygen atoms in total. The van der Waals surface area contributed by atoms with Crippen molar-refractivity contribution in [3.05, 3.63) is 0 Å². The zero-order chi connectivity index (χ0) is 10.8. The molecule has 82 valence electrons. The largest absolute Gasteiger partial charge is 0.466 e. The lowest BCUT2D eigenvalue weighted by Crippen LogP contribution is -2.03. The van der Waals surface area contributed by atoms with E-state index in [9.17, 15) is 9.59 Å². The second kappa shape index (κ2) is 9.06. The molecular weight excluding hydrogens is 200 g/mol. The molecule has 0 aromatic carbocycles. The van der Waals surface area contributed by atoms with Crippen LogP contribution < -0.4 is 0 Å². The molecule has 4 heteroatoms. The number of carbonyl (C=O) groups is 2. The average Bonchev–Trinajstić information content (AvgIpc) is 2.13. The highest BCUT2D eigenvalue weighted by Crippen LogP contribution is 2.09. The Balaban J connectivity index is 3.28. The first-order valence-electron chi connectivity index (χ1n) is 5.02. The second-order valence-electron chi connectivity index (χ2n) is 2.82. The van der Waals surface area contributed by atoms with E-state index in [1.165, 1.54) is 11.8 Å². The molecule has 0 amide bonds. The van der Waals surface area contributed by atoms with Gasteiger partial charge in [0.15, 0.2) is 5.12 Å². The van der Waals surface area contributed by atoms with Crippen LogP contribution in [0.5, 0.6) is 0 Å². The molecule has 0 aliphatic carbocycles. The van der Waals surface area contributed by atoms with Gasteiger partial charge in [-0.25, -0.2) is 0 Å². The summed E-state index contributed by atoms with van der Waals surface area (Å²) in [4.78, 5) is 22.0. The minimum Gasteiger partial charge on any atom is -0.466 e. The number of hydrogen-bond acceptors (Lipinski definition) is 4. The first-order valence-corrected chi connectivity index (χ1v) is 6.00. The maximum atomic E-state index is 11.1. The summed E-state index contributed by atoms with van der Waals surface area (Å²) in [6, 6.07) is 0. The van der Waals surface area contributed by atoms with E-state index in [2.05, 4.69) is 0 Å². The number of hydrogen-bond donors (Lipinski definition) is 0. The molecule has 0 fully saturated rings. The van der Waals surface area contributed by atoms with Gasteiger partial charge in [0.1, 0.15) is 0 Å². The van der Waals surface area contributed by atoms with Gasteiger partial charge in [0.2, 0.25) is 0 Å². The Hall–Kier alpha value is -0.510. The lowest BCUT2D eigenvalue weighted by atomic mass is 10.2. The van der Waals surface area contributed by atoms with Crippen LogP contribution in [0.1, 0.15) is 39.5 Å². The maximum absolute atomic E-state index is 11.1. The fourth-order valence-corrected chi connectivity index (χ4v) is 1.62.